The fourth-order valence-electron chi connectivity index (χ4n) is 2.64. The Hall–Kier alpha value is -1.43. The maximum atomic E-state index is 11.9. The fraction of sp³-hybridized carbons (Fsp3) is 0.533. The van der Waals surface area contributed by atoms with Gasteiger partial charge < -0.3 is 15.8 Å². The van der Waals surface area contributed by atoms with Crippen LogP contribution in [0.15, 0.2) is 24.3 Å². The number of methoxy groups -OCH3 is 1. The van der Waals surface area contributed by atoms with Gasteiger partial charge in [-0.25, -0.2) is 0 Å². The smallest absolute Gasteiger partial charge is 0.239 e. The third-order valence-corrected chi connectivity index (χ3v) is 3.62. The maximum Gasteiger partial charge on any atom is 0.239 e. The molecule has 1 aromatic rings. The average Bonchev–Trinajstić information content (AvgIpc) is 2.70. The van der Waals surface area contributed by atoms with Crippen molar-refractivity contribution in [3.63, 3.8) is 0 Å². The lowest BCUT2D eigenvalue weighted by Crippen LogP contribution is -2.39. The molecule has 2 rings (SSSR count). The molecule has 1 aliphatic rings. The zero-order valence-corrected chi connectivity index (χ0v) is 12.0. The van der Waals surface area contributed by atoms with Crippen LogP contribution in [0, 0.1) is 0 Å². The second-order valence-electron chi connectivity index (χ2n) is 5.12. The van der Waals surface area contributed by atoms with E-state index in [1.165, 1.54) is 0 Å². The normalized spacial score (nSPS) is 18.4. The van der Waals surface area contributed by atoms with Crippen LogP contribution in [-0.2, 0) is 16.1 Å². The van der Waals surface area contributed by atoms with Gasteiger partial charge in [-0.05, 0) is 24.1 Å². The summed E-state index contributed by atoms with van der Waals surface area (Å²) < 4.78 is 5.10. The Kier molecular flexibility index (Phi) is 5.52. The third kappa shape index (κ3) is 3.79. The molecule has 1 unspecified atom stereocenters. The van der Waals surface area contributed by atoms with Gasteiger partial charge in [0.2, 0.25) is 5.91 Å². The second kappa shape index (κ2) is 7.38. The van der Waals surface area contributed by atoms with E-state index in [1.807, 2.05) is 24.3 Å². The number of carbonyl (C=O) groups excluding carboxylic acids is 1. The van der Waals surface area contributed by atoms with Crippen molar-refractivity contribution in [2.75, 3.05) is 33.3 Å². The molecule has 3 N–H and O–H groups in total. The van der Waals surface area contributed by atoms with Gasteiger partial charge in [-0.1, -0.05) is 24.3 Å². The van der Waals surface area contributed by atoms with Crippen molar-refractivity contribution in [3.05, 3.63) is 35.4 Å². The van der Waals surface area contributed by atoms with Gasteiger partial charge in [-0.2, -0.15) is 0 Å². The summed E-state index contributed by atoms with van der Waals surface area (Å²) in [6.07, 6.45) is 1.03. The number of hydrogen-bond acceptors (Lipinski definition) is 4. The van der Waals surface area contributed by atoms with E-state index in [4.69, 9.17) is 10.5 Å². The van der Waals surface area contributed by atoms with Crippen LogP contribution in [0.3, 0.4) is 0 Å². The Morgan fingerprint density at radius 2 is 2.10 bits per heavy atom. The van der Waals surface area contributed by atoms with Crippen LogP contribution in [0.1, 0.15) is 23.6 Å². The molecule has 0 spiro atoms. The van der Waals surface area contributed by atoms with E-state index >= 15 is 0 Å². The number of nitrogens with one attached hydrogen (secondary N) is 1. The largest absolute Gasteiger partial charge is 0.380 e. The number of amides is 1. The zero-order valence-electron chi connectivity index (χ0n) is 12.0. The molecule has 0 radical (unpaired) electrons. The summed E-state index contributed by atoms with van der Waals surface area (Å²) in [6.45, 7) is 4.20. The SMILES string of the molecule is COCc1ccc(C(C(N)=O)N2CCCNCC2)cc1. The molecule has 20 heavy (non-hydrogen) atoms. The molecule has 0 aromatic heterocycles. The first-order valence-corrected chi connectivity index (χ1v) is 7.04. The topological polar surface area (TPSA) is 67.6 Å². The highest BCUT2D eigenvalue weighted by molar-refractivity contribution is 5.81. The first-order chi connectivity index (χ1) is 9.72. The number of benzene rings is 1. The highest BCUT2D eigenvalue weighted by Crippen LogP contribution is 2.22. The number of nitrogens with zero attached hydrogens (tertiary/aromatic N) is 1. The summed E-state index contributed by atoms with van der Waals surface area (Å²) >= 11 is 0. The Bertz CT molecular complexity index is 425. The Morgan fingerprint density at radius 1 is 1.35 bits per heavy atom. The van der Waals surface area contributed by atoms with Crippen molar-refractivity contribution in [2.24, 2.45) is 5.73 Å². The molecule has 1 saturated heterocycles. The van der Waals surface area contributed by atoms with Gasteiger partial charge in [-0.3, -0.25) is 9.69 Å². The van der Waals surface area contributed by atoms with Gasteiger partial charge in [0.05, 0.1) is 6.61 Å². The van der Waals surface area contributed by atoms with Crippen molar-refractivity contribution in [1.29, 1.82) is 0 Å². The van der Waals surface area contributed by atoms with Crippen LogP contribution in [0.5, 0.6) is 0 Å². The van der Waals surface area contributed by atoms with Gasteiger partial charge >= 0.3 is 0 Å². The number of nitrogens with two attached hydrogens (primary N) is 1. The molecule has 5 nitrogen and oxygen atoms in total. The average molecular weight is 277 g/mol. The molecule has 1 fully saturated rings. The lowest BCUT2D eigenvalue weighted by molar-refractivity contribution is -0.123. The van der Waals surface area contributed by atoms with Gasteiger partial charge in [0.25, 0.3) is 0 Å². The Labute approximate surface area is 120 Å². The summed E-state index contributed by atoms with van der Waals surface area (Å²) in [7, 11) is 1.67. The molecule has 0 bridgehead atoms. The summed E-state index contributed by atoms with van der Waals surface area (Å²) in [5, 5.41) is 3.34. The van der Waals surface area contributed by atoms with E-state index in [2.05, 4.69) is 10.2 Å². The van der Waals surface area contributed by atoms with Crippen molar-refractivity contribution in [1.82, 2.24) is 10.2 Å². The van der Waals surface area contributed by atoms with E-state index in [1.54, 1.807) is 7.11 Å². The van der Waals surface area contributed by atoms with Crippen LogP contribution in [0.25, 0.3) is 0 Å². The lowest BCUT2D eigenvalue weighted by atomic mass is 10.0. The minimum Gasteiger partial charge on any atom is -0.380 e. The van der Waals surface area contributed by atoms with E-state index in [-0.39, 0.29) is 11.9 Å². The minimum absolute atomic E-state index is 0.286. The molecule has 1 amide bonds. The van der Waals surface area contributed by atoms with Crippen LogP contribution in [0.2, 0.25) is 0 Å². The molecule has 1 atom stereocenters. The quantitative estimate of drug-likeness (QED) is 0.829. The van der Waals surface area contributed by atoms with Crippen LogP contribution < -0.4 is 11.1 Å². The van der Waals surface area contributed by atoms with E-state index in [0.29, 0.717) is 6.61 Å². The second-order valence-corrected chi connectivity index (χ2v) is 5.12. The lowest BCUT2D eigenvalue weighted by Gasteiger charge is -2.28. The standard InChI is InChI=1S/C15H23N3O2/c1-20-11-12-3-5-13(6-4-12)14(15(16)19)18-9-2-7-17-8-10-18/h3-6,14,17H,2,7-11H2,1H3,(H2,16,19). The van der Waals surface area contributed by atoms with Crippen LogP contribution in [-0.4, -0.2) is 44.1 Å². The first kappa shape index (κ1) is 15.0. The molecule has 1 aromatic carbocycles. The minimum atomic E-state index is -0.341. The van der Waals surface area contributed by atoms with Crippen molar-refractivity contribution < 1.29 is 9.53 Å². The molecule has 1 heterocycles. The molecule has 110 valence electrons. The zero-order chi connectivity index (χ0) is 14.4. The third-order valence-electron chi connectivity index (χ3n) is 3.62. The number of carbonyl (C=O) groups is 1. The number of hydrogen-bond donors (Lipinski definition) is 2. The fourth-order valence-corrected chi connectivity index (χ4v) is 2.64. The summed E-state index contributed by atoms with van der Waals surface area (Å²) in [4.78, 5) is 14.0. The molecular formula is C15H23N3O2. The molecular weight excluding hydrogens is 254 g/mol. The summed E-state index contributed by atoms with van der Waals surface area (Å²) in [6, 6.07) is 7.59. The molecule has 0 aliphatic carbocycles. The summed E-state index contributed by atoms with van der Waals surface area (Å²) in [5.41, 5.74) is 7.67. The van der Waals surface area contributed by atoms with Crippen LogP contribution >= 0.6 is 0 Å². The van der Waals surface area contributed by atoms with E-state index in [0.717, 1.165) is 43.7 Å². The summed E-state index contributed by atoms with van der Waals surface area (Å²) in [5.74, 6) is -0.286. The molecule has 0 saturated carbocycles. The number of ether oxygens (including phenoxy) is 1. The van der Waals surface area contributed by atoms with E-state index in [9.17, 15) is 4.79 Å². The van der Waals surface area contributed by atoms with Gasteiger partial charge in [0, 0.05) is 26.7 Å². The van der Waals surface area contributed by atoms with Crippen molar-refractivity contribution in [2.45, 2.75) is 19.1 Å². The highest BCUT2D eigenvalue weighted by atomic mass is 16.5. The predicted molar refractivity (Wildman–Crippen MR) is 78.2 cm³/mol. The highest BCUT2D eigenvalue weighted by Gasteiger charge is 2.26. The predicted octanol–water partition coefficient (Wildman–Crippen LogP) is 0.655. The number of rotatable bonds is 5. The van der Waals surface area contributed by atoms with E-state index < -0.39 is 0 Å². The van der Waals surface area contributed by atoms with Gasteiger partial charge in [0.15, 0.2) is 0 Å². The first-order valence-electron chi connectivity index (χ1n) is 7.04. The van der Waals surface area contributed by atoms with Crippen molar-refractivity contribution >= 4 is 5.91 Å². The number of primary amides is 1. The maximum absolute atomic E-state index is 11.9. The Balaban J connectivity index is 2.16. The monoisotopic (exact) mass is 277 g/mol. The molecule has 1 aliphatic heterocycles. The van der Waals surface area contributed by atoms with Gasteiger partial charge in [-0.15, -0.1) is 0 Å². The molecule has 5 heteroatoms. The van der Waals surface area contributed by atoms with Crippen molar-refractivity contribution in [3.8, 4) is 0 Å². The van der Waals surface area contributed by atoms with Gasteiger partial charge in [0.1, 0.15) is 6.04 Å². The Morgan fingerprint density at radius 3 is 2.75 bits per heavy atom. The van der Waals surface area contributed by atoms with Crippen LogP contribution in [0.4, 0.5) is 0 Å².